The molecule has 1 aromatic carbocycles. The van der Waals surface area contributed by atoms with Crippen LogP contribution in [-0.2, 0) is 36.6 Å². The second kappa shape index (κ2) is 7.82. The Morgan fingerprint density at radius 2 is 2.08 bits per heavy atom. The van der Waals surface area contributed by atoms with E-state index in [1.807, 2.05) is 32.0 Å². The summed E-state index contributed by atoms with van der Waals surface area (Å²) in [7, 11) is -1.75. The minimum atomic E-state index is -3.39. The van der Waals surface area contributed by atoms with Crippen LogP contribution >= 0.6 is 0 Å². The monoisotopic (exact) mass is 358 g/mol. The van der Waals surface area contributed by atoms with Crippen LogP contribution in [0.3, 0.4) is 0 Å². The maximum atomic E-state index is 11.0. The minimum absolute atomic E-state index is 0.0256. The average molecular weight is 358 g/mol. The largest absolute Gasteiger partial charge is 0.496 e. The van der Waals surface area contributed by atoms with E-state index in [9.17, 15) is 8.42 Å². The van der Waals surface area contributed by atoms with E-state index in [1.165, 1.54) is 0 Å². The van der Waals surface area contributed by atoms with E-state index < -0.39 is 15.9 Å². The molecule has 136 valence electrons. The van der Waals surface area contributed by atoms with Gasteiger partial charge in [0.1, 0.15) is 5.75 Å². The quantitative estimate of drug-likeness (QED) is 0.524. The summed E-state index contributed by atoms with van der Waals surface area (Å²) in [4.78, 5) is 0. The number of benzene rings is 1. The fourth-order valence-electron chi connectivity index (χ4n) is 2.83. The maximum absolute atomic E-state index is 11.0. The zero-order valence-corrected chi connectivity index (χ0v) is 15.5. The van der Waals surface area contributed by atoms with Gasteiger partial charge in [0.05, 0.1) is 32.7 Å². The Morgan fingerprint density at radius 3 is 2.67 bits per heavy atom. The van der Waals surface area contributed by atoms with Crippen LogP contribution in [0.25, 0.3) is 0 Å². The lowest BCUT2D eigenvalue weighted by Gasteiger charge is -2.19. The molecule has 1 aromatic rings. The molecular formula is C17H26O6S. The molecule has 0 aliphatic carbocycles. The molecule has 7 heteroatoms. The molecule has 1 heterocycles. The maximum Gasteiger partial charge on any atom is 0.264 e. The molecule has 1 aliphatic rings. The third-order valence-electron chi connectivity index (χ3n) is 3.84. The predicted molar refractivity (Wildman–Crippen MR) is 90.7 cm³/mol. The molecule has 1 atom stereocenters. The van der Waals surface area contributed by atoms with Gasteiger partial charge in [-0.25, -0.2) is 0 Å². The third-order valence-corrected chi connectivity index (χ3v) is 4.43. The molecule has 1 saturated heterocycles. The number of aryl methyl sites for hydroxylation is 1. The minimum Gasteiger partial charge on any atom is -0.496 e. The Balaban J connectivity index is 2.05. The summed E-state index contributed by atoms with van der Waals surface area (Å²) in [5, 5.41) is 0. The van der Waals surface area contributed by atoms with Gasteiger partial charge in [0.2, 0.25) is 0 Å². The zero-order valence-electron chi connectivity index (χ0n) is 14.7. The van der Waals surface area contributed by atoms with Crippen molar-refractivity contribution < 1.29 is 26.8 Å². The molecule has 1 fully saturated rings. The van der Waals surface area contributed by atoms with Gasteiger partial charge >= 0.3 is 0 Å². The van der Waals surface area contributed by atoms with Gasteiger partial charge in [-0.1, -0.05) is 12.1 Å². The van der Waals surface area contributed by atoms with E-state index in [-0.39, 0.29) is 12.7 Å². The molecule has 0 radical (unpaired) electrons. The predicted octanol–water partition coefficient (Wildman–Crippen LogP) is 2.30. The van der Waals surface area contributed by atoms with Gasteiger partial charge in [-0.15, -0.1) is 0 Å². The fourth-order valence-corrected chi connectivity index (χ4v) is 3.25. The van der Waals surface area contributed by atoms with Crippen LogP contribution in [0, 0.1) is 0 Å². The molecule has 0 bridgehead atoms. The number of methoxy groups -OCH3 is 1. The summed E-state index contributed by atoms with van der Waals surface area (Å²) in [6.07, 6.45) is 3.04. The smallest absolute Gasteiger partial charge is 0.264 e. The number of ether oxygens (including phenoxy) is 3. The van der Waals surface area contributed by atoms with Crippen LogP contribution in [0.5, 0.6) is 5.75 Å². The van der Waals surface area contributed by atoms with Crippen molar-refractivity contribution in [2.45, 2.75) is 45.0 Å². The Labute approximate surface area is 144 Å². The van der Waals surface area contributed by atoms with Crippen molar-refractivity contribution in [2.75, 3.05) is 26.6 Å². The van der Waals surface area contributed by atoms with Crippen molar-refractivity contribution in [2.24, 2.45) is 0 Å². The molecule has 0 aromatic heterocycles. The first-order valence-electron chi connectivity index (χ1n) is 8.01. The topological polar surface area (TPSA) is 71.1 Å². The Kier molecular flexibility index (Phi) is 6.25. The van der Waals surface area contributed by atoms with Crippen molar-refractivity contribution in [1.82, 2.24) is 0 Å². The zero-order chi connectivity index (χ0) is 17.8. The highest BCUT2D eigenvalue weighted by atomic mass is 32.2. The van der Waals surface area contributed by atoms with E-state index in [4.69, 9.17) is 18.4 Å². The summed E-state index contributed by atoms with van der Waals surface area (Å²) in [6.45, 7) is 4.52. The van der Waals surface area contributed by atoms with Crippen molar-refractivity contribution in [3.63, 3.8) is 0 Å². The lowest BCUT2D eigenvalue weighted by atomic mass is 9.97. The molecule has 1 unspecified atom stereocenters. The first-order chi connectivity index (χ1) is 11.2. The van der Waals surface area contributed by atoms with Gasteiger partial charge in [-0.05, 0) is 43.9 Å². The van der Waals surface area contributed by atoms with E-state index in [1.54, 1.807) is 7.11 Å². The molecule has 6 nitrogen and oxygen atoms in total. The van der Waals surface area contributed by atoms with E-state index in [2.05, 4.69) is 0 Å². The van der Waals surface area contributed by atoms with Gasteiger partial charge in [0, 0.05) is 6.42 Å². The van der Waals surface area contributed by atoms with Gasteiger partial charge < -0.3 is 14.2 Å². The second-order valence-electron chi connectivity index (χ2n) is 6.38. The van der Waals surface area contributed by atoms with Crippen LogP contribution in [0.15, 0.2) is 18.2 Å². The van der Waals surface area contributed by atoms with Crippen molar-refractivity contribution in [3.8, 4) is 5.75 Å². The molecule has 2 rings (SSSR count). The van der Waals surface area contributed by atoms with Gasteiger partial charge in [0.25, 0.3) is 10.1 Å². The first-order valence-corrected chi connectivity index (χ1v) is 9.83. The van der Waals surface area contributed by atoms with Crippen molar-refractivity contribution in [3.05, 3.63) is 29.3 Å². The second-order valence-corrected chi connectivity index (χ2v) is 8.03. The summed E-state index contributed by atoms with van der Waals surface area (Å²) in [5.74, 6) is 0.251. The third kappa shape index (κ3) is 5.73. The van der Waals surface area contributed by atoms with Crippen LogP contribution in [0.1, 0.15) is 31.4 Å². The Hall–Kier alpha value is -1.15. The normalized spacial score (nSPS) is 20.2. The Bertz CT molecular complexity index is 653. The SMILES string of the molecule is COc1cccc(CCCOS(C)(=O)=O)c1CC1COC(C)(C)O1. The number of hydrogen-bond acceptors (Lipinski definition) is 6. The van der Waals surface area contributed by atoms with Gasteiger partial charge in [0.15, 0.2) is 5.79 Å². The first kappa shape index (κ1) is 19.2. The number of rotatable bonds is 8. The molecule has 24 heavy (non-hydrogen) atoms. The molecule has 0 saturated carbocycles. The van der Waals surface area contributed by atoms with E-state index >= 15 is 0 Å². The van der Waals surface area contributed by atoms with Crippen molar-refractivity contribution in [1.29, 1.82) is 0 Å². The fraction of sp³-hybridized carbons (Fsp3) is 0.647. The molecule has 0 spiro atoms. The van der Waals surface area contributed by atoms with Crippen LogP contribution < -0.4 is 4.74 Å². The van der Waals surface area contributed by atoms with Crippen LogP contribution in [-0.4, -0.2) is 46.9 Å². The van der Waals surface area contributed by atoms with Crippen LogP contribution in [0.2, 0.25) is 0 Å². The molecule has 1 aliphatic heterocycles. The summed E-state index contributed by atoms with van der Waals surface area (Å²) < 4.78 is 43.9. The summed E-state index contributed by atoms with van der Waals surface area (Å²) in [5.41, 5.74) is 2.19. The van der Waals surface area contributed by atoms with Crippen molar-refractivity contribution >= 4 is 10.1 Å². The average Bonchev–Trinajstić information content (AvgIpc) is 2.83. The van der Waals surface area contributed by atoms with Crippen LogP contribution in [0.4, 0.5) is 0 Å². The molecule has 0 amide bonds. The number of hydrogen-bond donors (Lipinski definition) is 0. The molecular weight excluding hydrogens is 332 g/mol. The van der Waals surface area contributed by atoms with Gasteiger partial charge in [-0.3, -0.25) is 4.18 Å². The lowest BCUT2D eigenvalue weighted by Crippen LogP contribution is -2.22. The highest BCUT2D eigenvalue weighted by Gasteiger charge is 2.33. The van der Waals surface area contributed by atoms with Gasteiger partial charge in [-0.2, -0.15) is 8.42 Å². The standard InChI is InChI=1S/C17H26O6S/c1-17(2)21-12-14(23-17)11-15-13(7-5-9-16(15)20-3)8-6-10-22-24(4,18)19/h5,7,9,14H,6,8,10-12H2,1-4H3. The highest BCUT2D eigenvalue weighted by Crippen LogP contribution is 2.30. The summed E-state index contributed by atoms with van der Waals surface area (Å²) >= 11 is 0. The summed E-state index contributed by atoms with van der Waals surface area (Å²) in [6, 6.07) is 5.89. The Morgan fingerprint density at radius 1 is 1.33 bits per heavy atom. The van der Waals surface area contributed by atoms with E-state index in [0.29, 0.717) is 25.9 Å². The highest BCUT2D eigenvalue weighted by molar-refractivity contribution is 7.85. The van der Waals surface area contributed by atoms with E-state index in [0.717, 1.165) is 23.1 Å². The lowest BCUT2D eigenvalue weighted by molar-refractivity contribution is -0.138. The molecule has 0 N–H and O–H groups in total.